The third kappa shape index (κ3) is 5.27. The quantitative estimate of drug-likeness (QED) is 0.347. The summed E-state index contributed by atoms with van der Waals surface area (Å²) in [7, 11) is 0. The molecule has 1 unspecified atom stereocenters. The Kier molecular flexibility index (Phi) is 6.84. The molecule has 3 rings (SSSR count). The van der Waals surface area contributed by atoms with Gasteiger partial charge in [0, 0.05) is 6.61 Å². The summed E-state index contributed by atoms with van der Waals surface area (Å²) in [6, 6.07) is 8.97. The van der Waals surface area contributed by atoms with Crippen molar-refractivity contribution < 1.29 is 23.7 Å². The fourth-order valence-electron chi connectivity index (χ4n) is 3.15. The summed E-state index contributed by atoms with van der Waals surface area (Å²) in [5.74, 6) is -0.335. The standard InChI is InChI=1S/C20H28O5/c1-2-3-4-5-6-10-13-22-20-18-17(25-18)16(24-20)14-23-19(21)15-11-8-7-9-12-15/h7-9,11-12,16-18,20H,2-6,10,13-14H2,1H3/t16-,17-,18-,20?/m1/s1. The Morgan fingerprint density at radius 2 is 1.76 bits per heavy atom. The predicted octanol–water partition coefficient (Wildman–Crippen LogP) is 3.71. The first-order valence-electron chi connectivity index (χ1n) is 9.44. The molecule has 2 saturated heterocycles. The van der Waals surface area contributed by atoms with E-state index in [1.165, 1.54) is 32.1 Å². The molecular formula is C20H28O5. The van der Waals surface area contributed by atoms with Crippen molar-refractivity contribution in [2.24, 2.45) is 0 Å². The van der Waals surface area contributed by atoms with Crippen LogP contribution in [0.1, 0.15) is 55.8 Å². The number of carbonyl (C=O) groups is 1. The van der Waals surface area contributed by atoms with E-state index in [1.54, 1.807) is 12.1 Å². The minimum Gasteiger partial charge on any atom is -0.459 e. The molecule has 5 nitrogen and oxygen atoms in total. The first kappa shape index (κ1) is 18.4. The second-order valence-electron chi connectivity index (χ2n) is 6.71. The van der Waals surface area contributed by atoms with Crippen LogP contribution in [-0.4, -0.2) is 43.8 Å². The lowest BCUT2D eigenvalue weighted by Crippen LogP contribution is -2.27. The molecule has 2 fully saturated rings. The van der Waals surface area contributed by atoms with Gasteiger partial charge in [-0.1, -0.05) is 57.2 Å². The molecule has 0 amide bonds. The van der Waals surface area contributed by atoms with Gasteiger partial charge in [-0.05, 0) is 18.6 Å². The predicted molar refractivity (Wildman–Crippen MR) is 93.4 cm³/mol. The minimum atomic E-state index is -0.335. The lowest BCUT2D eigenvalue weighted by molar-refractivity contribution is -0.180. The van der Waals surface area contributed by atoms with Crippen molar-refractivity contribution in [3.05, 3.63) is 35.9 Å². The molecule has 0 spiro atoms. The number of carbonyl (C=O) groups excluding carboxylic acids is 1. The first-order chi connectivity index (χ1) is 12.3. The number of unbranched alkanes of at least 4 members (excludes halogenated alkanes) is 5. The van der Waals surface area contributed by atoms with E-state index in [0.29, 0.717) is 12.2 Å². The summed E-state index contributed by atoms with van der Waals surface area (Å²) in [5.41, 5.74) is 0.546. The van der Waals surface area contributed by atoms with Crippen LogP contribution in [0.2, 0.25) is 0 Å². The van der Waals surface area contributed by atoms with Gasteiger partial charge in [0.1, 0.15) is 24.9 Å². The van der Waals surface area contributed by atoms with E-state index in [2.05, 4.69) is 6.92 Å². The number of rotatable bonds is 11. The molecule has 5 heteroatoms. The van der Waals surface area contributed by atoms with Crippen molar-refractivity contribution in [1.29, 1.82) is 0 Å². The lowest BCUT2D eigenvalue weighted by atomic mass is 10.1. The number of ether oxygens (including phenoxy) is 4. The molecule has 25 heavy (non-hydrogen) atoms. The van der Waals surface area contributed by atoms with Gasteiger partial charge < -0.3 is 18.9 Å². The average Bonchev–Trinajstić information content (AvgIpc) is 3.37. The van der Waals surface area contributed by atoms with Gasteiger partial charge in [0.05, 0.1) is 5.56 Å². The zero-order chi connectivity index (χ0) is 17.5. The second kappa shape index (κ2) is 9.32. The van der Waals surface area contributed by atoms with Crippen molar-refractivity contribution in [3.8, 4) is 0 Å². The SMILES string of the molecule is CCCCCCCCOC1O[C@H](COC(=O)c2ccccc2)[C@H]2O[C@@H]12. The van der Waals surface area contributed by atoms with Gasteiger partial charge in [-0.3, -0.25) is 0 Å². The van der Waals surface area contributed by atoms with E-state index in [0.717, 1.165) is 6.42 Å². The first-order valence-corrected chi connectivity index (χ1v) is 9.44. The maximum Gasteiger partial charge on any atom is 0.338 e. The van der Waals surface area contributed by atoms with Gasteiger partial charge in [0.15, 0.2) is 6.29 Å². The maximum absolute atomic E-state index is 12.0. The Morgan fingerprint density at radius 3 is 2.56 bits per heavy atom. The Morgan fingerprint density at radius 1 is 1.00 bits per heavy atom. The number of esters is 1. The van der Waals surface area contributed by atoms with Gasteiger partial charge in [0.2, 0.25) is 0 Å². The molecule has 2 aliphatic rings. The number of benzene rings is 1. The zero-order valence-electron chi connectivity index (χ0n) is 14.9. The molecule has 138 valence electrons. The summed E-state index contributed by atoms with van der Waals surface area (Å²) in [6.07, 6.45) is 6.85. The molecule has 2 heterocycles. The van der Waals surface area contributed by atoms with Crippen molar-refractivity contribution in [1.82, 2.24) is 0 Å². The molecular weight excluding hydrogens is 320 g/mol. The smallest absolute Gasteiger partial charge is 0.338 e. The van der Waals surface area contributed by atoms with Crippen LogP contribution in [0.25, 0.3) is 0 Å². The number of hydrogen-bond donors (Lipinski definition) is 0. The lowest BCUT2D eigenvalue weighted by Gasteiger charge is -2.18. The fraction of sp³-hybridized carbons (Fsp3) is 0.650. The second-order valence-corrected chi connectivity index (χ2v) is 6.71. The summed E-state index contributed by atoms with van der Waals surface area (Å²) < 4.78 is 22.6. The Bertz CT molecular complexity index is 532. The van der Waals surface area contributed by atoms with Crippen molar-refractivity contribution in [2.75, 3.05) is 13.2 Å². The molecule has 0 N–H and O–H groups in total. The monoisotopic (exact) mass is 348 g/mol. The van der Waals surface area contributed by atoms with Crippen LogP contribution in [-0.2, 0) is 18.9 Å². The molecule has 0 radical (unpaired) electrons. The normalized spacial score (nSPS) is 27.1. The highest BCUT2D eigenvalue weighted by Gasteiger charge is 2.59. The fourth-order valence-corrected chi connectivity index (χ4v) is 3.15. The zero-order valence-corrected chi connectivity index (χ0v) is 14.9. The van der Waals surface area contributed by atoms with Crippen LogP contribution in [0.3, 0.4) is 0 Å². The van der Waals surface area contributed by atoms with E-state index in [1.807, 2.05) is 18.2 Å². The molecule has 1 aromatic rings. The molecule has 0 aliphatic carbocycles. The van der Waals surface area contributed by atoms with E-state index in [-0.39, 0.29) is 37.2 Å². The van der Waals surface area contributed by atoms with E-state index < -0.39 is 0 Å². The number of epoxide rings is 1. The summed E-state index contributed by atoms with van der Waals surface area (Å²) in [4.78, 5) is 12.0. The summed E-state index contributed by atoms with van der Waals surface area (Å²) in [5, 5.41) is 0. The maximum atomic E-state index is 12.0. The molecule has 4 atom stereocenters. The molecule has 0 bridgehead atoms. The molecule has 1 aromatic carbocycles. The Hall–Kier alpha value is -1.43. The summed E-state index contributed by atoms with van der Waals surface area (Å²) in [6.45, 7) is 3.12. The van der Waals surface area contributed by atoms with E-state index >= 15 is 0 Å². The van der Waals surface area contributed by atoms with Crippen LogP contribution >= 0.6 is 0 Å². The topological polar surface area (TPSA) is 57.3 Å². The van der Waals surface area contributed by atoms with Crippen LogP contribution in [0, 0.1) is 0 Å². The third-order valence-electron chi connectivity index (χ3n) is 4.67. The third-order valence-corrected chi connectivity index (χ3v) is 4.67. The largest absolute Gasteiger partial charge is 0.459 e. The number of fused-ring (bicyclic) bond motifs is 1. The highest BCUT2D eigenvalue weighted by molar-refractivity contribution is 5.89. The van der Waals surface area contributed by atoms with Crippen LogP contribution < -0.4 is 0 Å². The van der Waals surface area contributed by atoms with Crippen LogP contribution in [0.15, 0.2) is 30.3 Å². The average molecular weight is 348 g/mol. The van der Waals surface area contributed by atoms with Gasteiger partial charge in [-0.25, -0.2) is 4.79 Å². The minimum absolute atomic E-state index is 0.000480. The van der Waals surface area contributed by atoms with Crippen molar-refractivity contribution >= 4 is 5.97 Å². The Labute approximate surface area is 149 Å². The Balaban J connectivity index is 1.30. The molecule has 0 aromatic heterocycles. The van der Waals surface area contributed by atoms with Gasteiger partial charge in [-0.15, -0.1) is 0 Å². The van der Waals surface area contributed by atoms with Gasteiger partial charge in [0.25, 0.3) is 0 Å². The highest BCUT2D eigenvalue weighted by atomic mass is 16.8. The van der Waals surface area contributed by atoms with Crippen LogP contribution in [0.5, 0.6) is 0 Å². The van der Waals surface area contributed by atoms with Crippen molar-refractivity contribution in [2.45, 2.75) is 70.1 Å². The van der Waals surface area contributed by atoms with Gasteiger partial charge >= 0.3 is 5.97 Å². The molecule has 0 saturated carbocycles. The van der Waals surface area contributed by atoms with Crippen molar-refractivity contribution in [3.63, 3.8) is 0 Å². The summed E-state index contributed by atoms with van der Waals surface area (Å²) >= 11 is 0. The number of hydrogen-bond acceptors (Lipinski definition) is 5. The van der Waals surface area contributed by atoms with E-state index in [9.17, 15) is 4.79 Å². The van der Waals surface area contributed by atoms with E-state index in [4.69, 9.17) is 18.9 Å². The molecule has 2 aliphatic heterocycles. The highest BCUT2D eigenvalue weighted by Crippen LogP contribution is 2.40. The van der Waals surface area contributed by atoms with Gasteiger partial charge in [-0.2, -0.15) is 0 Å². The van der Waals surface area contributed by atoms with Crippen LogP contribution in [0.4, 0.5) is 0 Å².